The van der Waals surface area contributed by atoms with Crippen molar-refractivity contribution < 1.29 is 9.53 Å². The van der Waals surface area contributed by atoms with Crippen molar-refractivity contribution in [1.29, 1.82) is 0 Å². The summed E-state index contributed by atoms with van der Waals surface area (Å²) in [6, 6.07) is 29.0. The second kappa shape index (κ2) is 12.5. The molecule has 6 nitrogen and oxygen atoms in total. The fourth-order valence-corrected chi connectivity index (χ4v) is 4.95. The third-order valence-corrected chi connectivity index (χ3v) is 7.06. The maximum absolute atomic E-state index is 13.6. The Morgan fingerprint density at radius 3 is 2.30 bits per heavy atom. The first-order valence-electron chi connectivity index (χ1n) is 13.1. The molecular weight excluding hydrogens is 460 g/mol. The molecular formula is C31H34N4O2. The molecule has 5 rings (SSSR count). The maximum atomic E-state index is 13.6. The van der Waals surface area contributed by atoms with Crippen LogP contribution in [0, 0.1) is 0 Å². The molecule has 37 heavy (non-hydrogen) atoms. The lowest BCUT2D eigenvalue weighted by molar-refractivity contribution is 0.0351. The number of benzene rings is 3. The summed E-state index contributed by atoms with van der Waals surface area (Å²) in [5.41, 5.74) is 3.32. The van der Waals surface area contributed by atoms with Gasteiger partial charge in [-0.2, -0.15) is 0 Å². The molecule has 6 heteroatoms. The normalized spacial score (nSPS) is 14.1. The Labute approximate surface area is 218 Å². The van der Waals surface area contributed by atoms with Gasteiger partial charge in [0.2, 0.25) is 0 Å². The summed E-state index contributed by atoms with van der Waals surface area (Å²) in [6.45, 7) is 5.47. The monoisotopic (exact) mass is 494 g/mol. The van der Waals surface area contributed by atoms with Crippen LogP contribution in [0.5, 0.6) is 0 Å². The van der Waals surface area contributed by atoms with Crippen molar-refractivity contribution in [1.82, 2.24) is 14.8 Å². The standard InChI is InChI=1S/C31H34N4O2/c36-31(33-29-12-11-25-13-15-32-24-28(25)23-29)35(18-17-34-19-21-37-22-20-34)16-14-30(26-7-3-1-4-8-26)27-9-5-2-6-10-27/h1-13,15,23-24,30H,14,16-22H2,(H,33,36). The first kappa shape index (κ1) is 24.9. The number of carbonyl (C=O) groups excluding carboxylic acids is 1. The van der Waals surface area contributed by atoms with Crippen molar-refractivity contribution in [3.8, 4) is 0 Å². The highest BCUT2D eigenvalue weighted by molar-refractivity contribution is 5.93. The first-order chi connectivity index (χ1) is 18.3. The summed E-state index contributed by atoms with van der Waals surface area (Å²) in [5.74, 6) is 0.216. The Balaban J connectivity index is 1.33. The van der Waals surface area contributed by atoms with Crippen molar-refractivity contribution in [2.45, 2.75) is 12.3 Å². The molecule has 1 aliphatic rings. The van der Waals surface area contributed by atoms with Gasteiger partial charge in [-0.05, 0) is 41.1 Å². The van der Waals surface area contributed by atoms with Gasteiger partial charge in [-0.3, -0.25) is 9.88 Å². The fraction of sp³-hybridized carbons (Fsp3) is 0.290. The molecule has 1 N–H and O–H groups in total. The Hall–Kier alpha value is -3.74. The number of rotatable bonds is 9. The zero-order valence-electron chi connectivity index (χ0n) is 21.1. The van der Waals surface area contributed by atoms with Gasteiger partial charge in [0, 0.05) is 62.1 Å². The smallest absolute Gasteiger partial charge is 0.321 e. The van der Waals surface area contributed by atoms with Crippen molar-refractivity contribution in [2.75, 3.05) is 51.3 Å². The van der Waals surface area contributed by atoms with Gasteiger partial charge in [-0.15, -0.1) is 0 Å². The number of hydrogen-bond donors (Lipinski definition) is 1. The van der Waals surface area contributed by atoms with Crippen LogP contribution in [0.1, 0.15) is 23.5 Å². The first-order valence-corrected chi connectivity index (χ1v) is 13.1. The predicted molar refractivity (Wildman–Crippen MR) is 149 cm³/mol. The molecule has 190 valence electrons. The van der Waals surface area contributed by atoms with Crippen molar-refractivity contribution >= 4 is 22.5 Å². The third kappa shape index (κ3) is 6.73. The van der Waals surface area contributed by atoms with Gasteiger partial charge < -0.3 is 15.0 Å². The molecule has 1 saturated heterocycles. The molecule has 0 aliphatic carbocycles. The van der Waals surface area contributed by atoms with Gasteiger partial charge in [0.1, 0.15) is 0 Å². The zero-order chi connectivity index (χ0) is 25.3. The molecule has 0 spiro atoms. The zero-order valence-corrected chi connectivity index (χ0v) is 21.1. The molecule has 0 saturated carbocycles. The molecule has 0 atom stereocenters. The molecule has 2 heterocycles. The lowest BCUT2D eigenvalue weighted by Crippen LogP contribution is -2.44. The van der Waals surface area contributed by atoms with Gasteiger partial charge in [0.25, 0.3) is 0 Å². The number of carbonyl (C=O) groups is 1. The summed E-state index contributed by atoms with van der Waals surface area (Å²) in [6.07, 6.45) is 4.45. The maximum Gasteiger partial charge on any atom is 0.321 e. The van der Waals surface area contributed by atoms with E-state index < -0.39 is 0 Å². The molecule has 0 unspecified atom stereocenters. The number of fused-ring (bicyclic) bond motifs is 1. The quantitative estimate of drug-likeness (QED) is 0.328. The van der Waals surface area contributed by atoms with Crippen LogP contribution in [0.15, 0.2) is 97.3 Å². The molecule has 2 amide bonds. The van der Waals surface area contributed by atoms with E-state index in [0.29, 0.717) is 13.1 Å². The van der Waals surface area contributed by atoms with E-state index in [1.54, 1.807) is 6.20 Å². The molecule has 1 fully saturated rings. The summed E-state index contributed by atoms with van der Waals surface area (Å²) >= 11 is 0. The average Bonchev–Trinajstić information content (AvgIpc) is 2.96. The van der Waals surface area contributed by atoms with E-state index in [4.69, 9.17) is 4.74 Å². The van der Waals surface area contributed by atoms with Crippen LogP contribution in [-0.2, 0) is 4.74 Å². The highest BCUT2D eigenvalue weighted by Crippen LogP contribution is 2.28. The number of nitrogens with zero attached hydrogens (tertiary/aromatic N) is 3. The summed E-state index contributed by atoms with van der Waals surface area (Å²) in [4.78, 5) is 22.1. The van der Waals surface area contributed by atoms with Gasteiger partial charge in [-0.25, -0.2) is 4.79 Å². The lowest BCUT2D eigenvalue weighted by atomic mass is 9.88. The number of ether oxygens (including phenoxy) is 1. The molecule has 4 aromatic rings. The highest BCUT2D eigenvalue weighted by atomic mass is 16.5. The molecule has 1 aliphatic heterocycles. The largest absolute Gasteiger partial charge is 0.379 e. The van der Waals surface area contributed by atoms with E-state index in [2.05, 4.69) is 63.7 Å². The van der Waals surface area contributed by atoms with Crippen LogP contribution >= 0.6 is 0 Å². The third-order valence-electron chi connectivity index (χ3n) is 7.06. The van der Waals surface area contributed by atoms with Crippen molar-refractivity contribution in [3.05, 3.63) is 108 Å². The van der Waals surface area contributed by atoms with Crippen LogP contribution in [-0.4, -0.2) is 66.8 Å². The number of urea groups is 1. The minimum atomic E-state index is -0.0728. The van der Waals surface area contributed by atoms with E-state index in [-0.39, 0.29) is 11.9 Å². The number of aromatic nitrogens is 1. The Morgan fingerprint density at radius 1 is 0.892 bits per heavy atom. The minimum absolute atomic E-state index is 0.0728. The number of morpholine rings is 1. The van der Waals surface area contributed by atoms with Crippen molar-refractivity contribution in [3.63, 3.8) is 0 Å². The number of pyridine rings is 1. The second-order valence-electron chi connectivity index (χ2n) is 9.47. The highest BCUT2D eigenvalue weighted by Gasteiger charge is 2.21. The topological polar surface area (TPSA) is 57.7 Å². The minimum Gasteiger partial charge on any atom is -0.379 e. The van der Waals surface area contributed by atoms with E-state index >= 15 is 0 Å². The van der Waals surface area contributed by atoms with E-state index in [0.717, 1.165) is 55.7 Å². The molecule has 0 bridgehead atoms. The summed E-state index contributed by atoms with van der Waals surface area (Å²) < 4.78 is 5.51. The van der Waals surface area contributed by atoms with Gasteiger partial charge in [0.15, 0.2) is 0 Å². The lowest BCUT2D eigenvalue weighted by Gasteiger charge is -2.31. The van der Waals surface area contributed by atoms with Gasteiger partial charge in [-0.1, -0.05) is 66.7 Å². The fourth-order valence-electron chi connectivity index (χ4n) is 4.95. The molecule has 1 aromatic heterocycles. The van der Waals surface area contributed by atoms with Crippen LogP contribution in [0.2, 0.25) is 0 Å². The molecule has 0 radical (unpaired) electrons. The molecule has 3 aromatic carbocycles. The summed E-state index contributed by atoms with van der Waals surface area (Å²) in [7, 11) is 0. The van der Waals surface area contributed by atoms with Gasteiger partial charge in [0.05, 0.1) is 13.2 Å². The predicted octanol–water partition coefficient (Wildman–Crippen LogP) is 5.62. The number of anilines is 1. The van der Waals surface area contributed by atoms with Crippen LogP contribution < -0.4 is 5.32 Å². The summed E-state index contributed by atoms with van der Waals surface area (Å²) in [5, 5.41) is 5.25. The second-order valence-corrected chi connectivity index (χ2v) is 9.47. The van der Waals surface area contributed by atoms with Crippen LogP contribution in [0.3, 0.4) is 0 Å². The van der Waals surface area contributed by atoms with Crippen LogP contribution in [0.25, 0.3) is 10.8 Å². The SMILES string of the molecule is O=C(Nc1ccc2ccncc2c1)N(CCC(c1ccccc1)c1ccccc1)CCN1CCOCC1. The number of amides is 2. The van der Waals surface area contributed by atoms with Crippen LogP contribution in [0.4, 0.5) is 10.5 Å². The van der Waals surface area contributed by atoms with Gasteiger partial charge >= 0.3 is 6.03 Å². The van der Waals surface area contributed by atoms with E-state index in [1.165, 1.54) is 11.1 Å². The Kier molecular flexibility index (Phi) is 8.41. The van der Waals surface area contributed by atoms with E-state index in [1.807, 2.05) is 47.5 Å². The number of nitrogens with one attached hydrogen (secondary N) is 1. The Morgan fingerprint density at radius 2 is 1.59 bits per heavy atom. The Bertz CT molecular complexity index is 1240. The van der Waals surface area contributed by atoms with Crippen molar-refractivity contribution in [2.24, 2.45) is 0 Å². The van der Waals surface area contributed by atoms with E-state index in [9.17, 15) is 4.79 Å². The average molecular weight is 495 g/mol. The number of hydrogen-bond acceptors (Lipinski definition) is 4.